The number of benzene rings is 1. The van der Waals surface area contributed by atoms with Crippen LogP contribution in [0.25, 0.3) is 10.9 Å². The number of nitrogens with zero attached hydrogens (tertiary/aromatic N) is 1. The molecule has 1 atom stereocenters. The number of nitrogens with two attached hydrogens (primary N) is 1. The average Bonchev–Trinajstić information content (AvgIpc) is 2.63. The van der Waals surface area contributed by atoms with E-state index in [0.717, 1.165) is 28.6 Å². The van der Waals surface area contributed by atoms with Gasteiger partial charge >= 0.3 is 0 Å². The van der Waals surface area contributed by atoms with Gasteiger partial charge in [0.15, 0.2) is 0 Å². The zero-order valence-corrected chi connectivity index (χ0v) is 14.0. The summed E-state index contributed by atoms with van der Waals surface area (Å²) in [6.07, 6.45) is 2.09. The molecule has 0 amide bonds. The standard InChI is InChI=1S/C18H27FN2/c1-11(2)13-8-17-14(7-16(13)19)15(12(3)20)9-21(17)10-18(4,5)6/h7-9,11-12H,10,20H2,1-6H3/t12-/m1/s1. The molecule has 0 spiro atoms. The Labute approximate surface area is 127 Å². The predicted molar refractivity (Wildman–Crippen MR) is 88.0 cm³/mol. The van der Waals surface area contributed by atoms with Crippen molar-refractivity contribution in [2.45, 2.75) is 60.0 Å². The third kappa shape index (κ3) is 3.29. The Balaban J connectivity index is 2.71. The van der Waals surface area contributed by atoms with Gasteiger partial charge in [-0.3, -0.25) is 0 Å². The van der Waals surface area contributed by atoms with Crippen LogP contribution in [0.15, 0.2) is 18.3 Å². The van der Waals surface area contributed by atoms with E-state index in [4.69, 9.17) is 5.73 Å². The van der Waals surface area contributed by atoms with Crippen LogP contribution in [0.4, 0.5) is 4.39 Å². The lowest BCUT2D eigenvalue weighted by molar-refractivity contribution is 0.349. The highest BCUT2D eigenvalue weighted by Gasteiger charge is 2.19. The minimum atomic E-state index is -0.132. The number of hydrogen-bond donors (Lipinski definition) is 1. The molecule has 21 heavy (non-hydrogen) atoms. The summed E-state index contributed by atoms with van der Waals surface area (Å²) < 4.78 is 16.5. The highest BCUT2D eigenvalue weighted by Crippen LogP contribution is 2.32. The van der Waals surface area contributed by atoms with Gasteiger partial charge in [-0.1, -0.05) is 34.6 Å². The van der Waals surface area contributed by atoms with Crippen LogP contribution in [0.3, 0.4) is 0 Å². The summed E-state index contributed by atoms with van der Waals surface area (Å²) in [5, 5.41) is 0.941. The van der Waals surface area contributed by atoms with Crippen LogP contribution in [0.1, 0.15) is 64.6 Å². The number of fused-ring (bicyclic) bond motifs is 1. The van der Waals surface area contributed by atoms with Gasteiger partial charge in [-0.25, -0.2) is 4.39 Å². The first-order valence-corrected chi connectivity index (χ1v) is 7.68. The molecule has 0 bridgehead atoms. The first-order chi connectivity index (χ1) is 9.60. The van der Waals surface area contributed by atoms with Crippen LogP contribution in [-0.4, -0.2) is 4.57 Å². The molecule has 0 saturated heterocycles. The van der Waals surface area contributed by atoms with Gasteiger partial charge in [0.25, 0.3) is 0 Å². The maximum atomic E-state index is 14.3. The molecule has 116 valence electrons. The molecule has 1 heterocycles. The van der Waals surface area contributed by atoms with Gasteiger partial charge in [-0.05, 0) is 41.5 Å². The van der Waals surface area contributed by atoms with Crippen LogP contribution < -0.4 is 5.73 Å². The summed E-state index contributed by atoms with van der Waals surface area (Å²) in [4.78, 5) is 0. The molecule has 0 fully saturated rings. The first kappa shape index (κ1) is 16.0. The molecule has 2 N–H and O–H groups in total. The summed E-state index contributed by atoms with van der Waals surface area (Å²) in [6, 6.07) is 3.55. The summed E-state index contributed by atoms with van der Waals surface area (Å²) in [5.41, 5.74) is 9.10. The Morgan fingerprint density at radius 1 is 1.14 bits per heavy atom. The van der Waals surface area contributed by atoms with Crippen LogP contribution in [0, 0.1) is 11.2 Å². The molecule has 0 aliphatic rings. The van der Waals surface area contributed by atoms with Crippen molar-refractivity contribution in [3.8, 4) is 0 Å². The lowest BCUT2D eigenvalue weighted by atomic mass is 9.96. The zero-order chi connectivity index (χ0) is 15.9. The topological polar surface area (TPSA) is 30.9 Å². The van der Waals surface area contributed by atoms with E-state index >= 15 is 0 Å². The smallest absolute Gasteiger partial charge is 0.127 e. The fourth-order valence-electron chi connectivity index (χ4n) is 2.80. The average molecular weight is 290 g/mol. The fraction of sp³-hybridized carbons (Fsp3) is 0.556. The summed E-state index contributed by atoms with van der Waals surface area (Å²) >= 11 is 0. The van der Waals surface area contributed by atoms with Gasteiger partial charge in [0.1, 0.15) is 5.82 Å². The molecular formula is C18H27FN2. The van der Waals surface area contributed by atoms with Crippen LogP contribution in [-0.2, 0) is 6.54 Å². The summed E-state index contributed by atoms with van der Waals surface area (Å²) in [7, 11) is 0. The Morgan fingerprint density at radius 2 is 1.76 bits per heavy atom. The fourth-order valence-corrected chi connectivity index (χ4v) is 2.80. The van der Waals surface area contributed by atoms with E-state index in [1.54, 1.807) is 6.07 Å². The van der Waals surface area contributed by atoms with Gasteiger partial charge in [0, 0.05) is 29.7 Å². The highest BCUT2D eigenvalue weighted by molar-refractivity contribution is 5.85. The Morgan fingerprint density at radius 3 is 2.24 bits per heavy atom. The molecule has 3 heteroatoms. The molecule has 2 nitrogen and oxygen atoms in total. The Kier molecular flexibility index (Phi) is 4.16. The van der Waals surface area contributed by atoms with Gasteiger partial charge in [-0.2, -0.15) is 0 Å². The Bertz CT molecular complexity index is 645. The van der Waals surface area contributed by atoms with Crippen LogP contribution in [0.2, 0.25) is 0 Å². The number of rotatable bonds is 3. The molecule has 0 aliphatic heterocycles. The molecule has 0 radical (unpaired) electrons. The Hall–Kier alpha value is -1.35. The van der Waals surface area contributed by atoms with Crippen LogP contribution in [0.5, 0.6) is 0 Å². The van der Waals surface area contributed by atoms with E-state index in [1.807, 2.05) is 26.8 Å². The second-order valence-corrected chi connectivity index (χ2v) is 7.61. The van der Waals surface area contributed by atoms with Crippen molar-refractivity contribution in [2.24, 2.45) is 11.1 Å². The van der Waals surface area contributed by atoms with Gasteiger partial charge in [-0.15, -0.1) is 0 Å². The highest BCUT2D eigenvalue weighted by atomic mass is 19.1. The second-order valence-electron chi connectivity index (χ2n) is 7.61. The maximum Gasteiger partial charge on any atom is 0.127 e. The number of aromatic nitrogens is 1. The minimum absolute atomic E-state index is 0.0991. The van der Waals surface area contributed by atoms with E-state index in [1.165, 1.54) is 0 Å². The van der Waals surface area contributed by atoms with Gasteiger partial charge in [0.05, 0.1) is 0 Å². The quantitative estimate of drug-likeness (QED) is 0.850. The molecule has 1 aromatic carbocycles. The van der Waals surface area contributed by atoms with E-state index < -0.39 is 0 Å². The van der Waals surface area contributed by atoms with Crippen molar-refractivity contribution in [3.63, 3.8) is 0 Å². The van der Waals surface area contributed by atoms with Crippen molar-refractivity contribution >= 4 is 10.9 Å². The van der Waals surface area contributed by atoms with Crippen molar-refractivity contribution in [3.05, 3.63) is 35.3 Å². The predicted octanol–water partition coefficient (Wildman–Crippen LogP) is 4.97. The SMILES string of the molecule is CC(C)c1cc2c(cc1F)c([C@@H](C)N)cn2CC(C)(C)C. The largest absolute Gasteiger partial charge is 0.347 e. The normalized spacial score (nSPS) is 14.1. The molecule has 0 aliphatic carbocycles. The van der Waals surface area contributed by atoms with Gasteiger partial charge in [0.2, 0.25) is 0 Å². The van der Waals surface area contributed by atoms with Crippen LogP contribution >= 0.6 is 0 Å². The minimum Gasteiger partial charge on any atom is -0.347 e. The lowest BCUT2D eigenvalue weighted by Gasteiger charge is -2.20. The molecule has 1 aromatic heterocycles. The number of halogens is 1. The van der Waals surface area contributed by atoms with E-state index in [0.29, 0.717) is 0 Å². The molecule has 2 aromatic rings. The number of hydrogen-bond acceptors (Lipinski definition) is 1. The maximum absolute atomic E-state index is 14.3. The monoisotopic (exact) mass is 290 g/mol. The van der Waals surface area contributed by atoms with Crippen molar-refractivity contribution < 1.29 is 4.39 Å². The zero-order valence-electron chi connectivity index (χ0n) is 14.0. The molecule has 0 saturated carbocycles. The molecule has 0 unspecified atom stereocenters. The summed E-state index contributed by atoms with van der Waals surface area (Å²) in [5.74, 6) is 0.0408. The third-order valence-corrected chi connectivity index (χ3v) is 3.79. The van der Waals surface area contributed by atoms with E-state index in [2.05, 4.69) is 31.5 Å². The summed E-state index contributed by atoms with van der Waals surface area (Å²) in [6.45, 7) is 13.5. The van der Waals surface area contributed by atoms with Crippen molar-refractivity contribution in [1.29, 1.82) is 0 Å². The van der Waals surface area contributed by atoms with Crippen molar-refractivity contribution in [2.75, 3.05) is 0 Å². The van der Waals surface area contributed by atoms with E-state index in [9.17, 15) is 4.39 Å². The van der Waals surface area contributed by atoms with E-state index in [-0.39, 0.29) is 23.2 Å². The first-order valence-electron chi connectivity index (χ1n) is 7.68. The second kappa shape index (κ2) is 5.45. The molecular weight excluding hydrogens is 263 g/mol. The lowest BCUT2D eigenvalue weighted by Crippen LogP contribution is -2.15. The van der Waals surface area contributed by atoms with Crippen molar-refractivity contribution in [1.82, 2.24) is 4.57 Å². The third-order valence-electron chi connectivity index (χ3n) is 3.79. The van der Waals surface area contributed by atoms with Gasteiger partial charge < -0.3 is 10.3 Å². The molecule has 2 rings (SSSR count).